The van der Waals surface area contributed by atoms with Crippen LogP contribution in [0.25, 0.3) is 0 Å². The third kappa shape index (κ3) is 4.95. The van der Waals surface area contributed by atoms with Crippen LogP contribution in [0.3, 0.4) is 0 Å². The van der Waals surface area contributed by atoms with E-state index >= 15 is 0 Å². The molecule has 0 saturated heterocycles. The summed E-state index contributed by atoms with van der Waals surface area (Å²) < 4.78 is 5.73. The molecule has 0 bridgehead atoms. The minimum Gasteiger partial charge on any atom is -0.457 e. The van der Waals surface area contributed by atoms with Crippen LogP contribution < -0.4 is 10.1 Å². The van der Waals surface area contributed by atoms with Crippen LogP contribution >= 0.6 is 0 Å². The topological polar surface area (TPSA) is 38.3 Å². The second-order valence-electron chi connectivity index (χ2n) is 5.38. The van der Waals surface area contributed by atoms with Crippen LogP contribution in [0.1, 0.15) is 30.6 Å². The van der Waals surface area contributed by atoms with Crippen molar-refractivity contribution in [3.63, 3.8) is 0 Å². The van der Waals surface area contributed by atoms with Crippen molar-refractivity contribution in [3.05, 3.63) is 60.2 Å². The van der Waals surface area contributed by atoms with Crippen LogP contribution in [-0.2, 0) is 0 Å². The van der Waals surface area contributed by atoms with Gasteiger partial charge in [0.2, 0.25) is 0 Å². The van der Waals surface area contributed by atoms with Crippen molar-refractivity contribution in [1.82, 2.24) is 5.32 Å². The van der Waals surface area contributed by atoms with E-state index in [1.54, 1.807) is 12.1 Å². The normalized spacial score (nSPS) is 10.4. The highest BCUT2D eigenvalue weighted by Gasteiger charge is 2.07. The smallest absolute Gasteiger partial charge is 0.251 e. The molecule has 2 rings (SSSR count). The lowest BCUT2D eigenvalue weighted by Crippen LogP contribution is -2.25. The third-order valence-corrected chi connectivity index (χ3v) is 3.08. The molecule has 0 heterocycles. The Kier molecular flexibility index (Phi) is 5.38. The number of hydrogen-bond donors (Lipinski definition) is 1. The molecule has 110 valence electrons. The number of carbonyl (C=O) groups excluding carboxylic acids is 1. The standard InChI is InChI=1S/C18H21NO2/c1-14(2)11-12-19-18(20)15-7-6-10-17(13-15)21-16-8-4-3-5-9-16/h3-10,13-14H,11-12H2,1-2H3,(H,19,20). The summed E-state index contributed by atoms with van der Waals surface area (Å²) >= 11 is 0. The first kappa shape index (κ1) is 15.1. The van der Waals surface area contributed by atoms with E-state index in [1.807, 2.05) is 42.5 Å². The molecule has 0 aliphatic carbocycles. The SMILES string of the molecule is CC(C)CCNC(=O)c1cccc(Oc2ccccc2)c1. The van der Waals surface area contributed by atoms with Crippen LogP contribution in [0.15, 0.2) is 54.6 Å². The molecule has 0 aliphatic rings. The van der Waals surface area contributed by atoms with E-state index in [4.69, 9.17) is 4.74 Å². The predicted octanol–water partition coefficient (Wildman–Crippen LogP) is 4.25. The maximum absolute atomic E-state index is 12.1. The number of para-hydroxylation sites is 1. The molecule has 0 aromatic heterocycles. The molecule has 0 spiro atoms. The summed E-state index contributed by atoms with van der Waals surface area (Å²) in [6.07, 6.45) is 0.978. The first-order valence-electron chi connectivity index (χ1n) is 7.26. The van der Waals surface area contributed by atoms with Gasteiger partial charge in [0.05, 0.1) is 0 Å². The lowest BCUT2D eigenvalue weighted by molar-refractivity contribution is 0.0951. The van der Waals surface area contributed by atoms with E-state index in [0.717, 1.165) is 12.2 Å². The fraction of sp³-hybridized carbons (Fsp3) is 0.278. The Morgan fingerprint density at radius 2 is 1.76 bits per heavy atom. The number of rotatable bonds is 6. The number of benzene rings is 2. The largest absolute Gasteiger partial charge is 0.457 e. The number of carbonyl (C=O) groups is 1. The summed E-state index contributed by atoms with van der Waals surface area (Å²) in [5, 5.41) is 2.93. The van der Waals surface area contributed by atoms with Gasteiger partial charge >= 0.3 is 0 Å². The van der Waals surface area contributed by atoms with Crippen molar-refractivity contribution in [1.29, 1.82) is 0 Å². The van der Waals surface area contributed by atoms with Gasteiger partial charge in [-0.15, -0.1) is 0 Å². The summed E-state index contributed by atoms with van der Waals surface area (Å²) in [7, 11) is 0. The van der Waals surface area contributed by atoms with Crippen LogP contribution in [0.5, 0.6) is 11.5 Å². The Balaban J connectivity index is 1.98. The zero-order valence-electron chi connectivity index (χ0n) is 12.5. The molecule has 21 heavy (non-hydrogen) atoms. The Morgan fingerprint density at radius 3 is 2.48 bits per heavy atom. The van der Waals surface area contributed by atoms with Crippen LogP contribution in [0, 0.1) is 5.92 Å². The Hall–Kier alpha value is -2.29. The van der Waals surface area contributed by atoms with E-state index in [9.17, 15) is 4.79 Å². The van der Waals surface area contributed by atoms with Gasteiger partial charge in [-0.3, -0.25) is 4.79 Å². The minimum absolute atomic E-state index is 0.0610. The molecule has 0 atom stereocenters. The molecule has 3 heteroatoms. The van der Waals surface area contributed by atoms with Gasteiger partial charge in [-0.25, -0.2) is 0 Å². The van der Waals surface area contributed by atoms with Crippen molar-refractivity contribution < 1.29 is 9.53 Å². The van der Waals surface area contributed by atoms with Crippen molar-refractivity contribution in [2.75, 3.05) is 6.54 Å². The summed E-state index contributed by atoms with van der Waals surface area (Å²) in [5.74, 6) is 1.94. The van der Waals surface area contributed by atoms with Gasteiger partial charge in [0.25, 0.3) is 5.91 Å². The van der Waals surface area contributed by atoms with Crippen molar-refractivity contribution >= 4 is 5.91 Å². The lowest BCUT2D eigenvalue weighted by atomic mass is 10.1. The van der Waals surface area contributed by atoms with E-state index < -0.39 is 0 Å². The van der Waals surface area contributed by atoms with Gasteiger partial charge in [-0.2, -0.15) is 0 Å². The highest BCUT2D eigenvalue weighted by molar-refractivity contribution is 5.94. The third-order valence-electron chi connectivity index (χ3n) is 3.08. The van der Waals surface area contributed by atoms with Crippen LogP contribution in [0.2, 0.25) is 0 Å². The average molecular weight is 283 g/mol. The van der Waals surface area contributed by atoms with Gasteiger partial charge < -0.3 is 10.1 Å². The molecule has 0 unspecified atom stereocenters. The molecule has 2 aromatic carbocycles. The van der Waals surface area contributed by atoms with Gasteiger partial charge in [-0.1, -0.05) is 38.1 Å². The molecule has 0 fully saturated rings. The summed E-state index contributed by atoms with van der Waals surface area (Å²) in [4.78, 5) is 12.1. The number of nitrogens with one attached hydrogen (secondary N) is 1. The van der Waals surface area contributed by atoms with Gasteiger partial charge in [0.1, 0.15) is 11.5 Å². The summed E-state index contributed by atoms with van der Waals surface area (Å²) in [6, 6.07) is 16.8. The quantitative estimate of drug-likeness (QED) is 0.860. The molecule has 0 radical (unpaired) electrons. The molecule has 0 saturated carbocycles. The zero-order chi connectivity index (χ0) is 15.1. The fourth-order valence-electron chi connectivity index (χ4n) is 1.90. The monoisotopic (exact) mass is 283 g/mol. The first-order chi connectivity index (χ1) is 10.1. The molecule has 2 aromatic rings. The van der Waals surface area contributed by atoms with Crippen molar-refractivity contribution in [2.45, 2.75) is 20.3 Å². The molecular formula is C18H21NO2. The summed E-state index contributed by atoms with van der Waals surface area (Å²) in [5.41, 5.74) is 0.618. The second kappa shape index (κ2) is 7.48. The van der Waals surface area contributed by atoms with E-state index in [2.05, 4.69) is 19.2 Å². The maximum Gasteiger partial charge on any atom is 0.251 e. The number of ether oxygens (including phenoxy) is 1. The second-order valence-corrected chi connectivity index (χ2v) is 5.38. The fourth-order valence-corrected chi connectivity index (χ4v) is 1.90. The molecule has 1 amide bonds. The van der Waals surface area contributed by atoms with Crippen molar-refractivity contribution in [2.24, 2.45) is 5.92 Å². The van der Waals surface area contributed by atoms with Crippen molar-refractivity contribution in [3.8, 4) is 11.5 Å². The molecule has 3 nitrogen and oxygen atoms in total. The Labute approximate surface area is 126 Å². The zero-order valence-corrected chi connectivity index (χ0v) is 12.5. The van der Waals surface area contributed by atoms with Gasteiger partial charge in [0.15, 0.2) is 0 Å². The highest BCUT2D eigenvalue weighted by atomic mass is 16.5. The lowest BCUT2D eigenvalue weighted by Gasteiger charge is -2.09. The Morgan fingerprint density at radius 1 is 1.05 bits per heavy atom. The number of hydrogen-bond acceptors (Lipinski definition) is 2. The average Bonchev–Trinajstić information content (AvgIpc) is 2.48. The van der Waals surface area contributed by atoms with Gasteiger partial charge in [-0.05, 0) is 42.7 Å². The predicted molar refractivity (Wildman–Crippen MR) is 84.7 cm³/mol. The summed E-state index contributed by atoms with van der Waals surface area (Å²) in [6.45, 7) is 4.97. The van der Waals surface area contributed by atoms with Crippen LogP contribution in [0.4, 0.5) is 0 Å². The van der Waals surface area contributed by atoms with Gasteiger partial charge in [0, 0.05) is 12.1 Å². The van der Waals surface area contributed by atoms with E-state index in [1.165, 1.54) is 0 Å². The molecule has 0 aliphatic heterocycles. The van der Waals surface area contributed by atoms with E-state index in [-0.39, 0.29) is 5.91 Å². The maximum atomic E-state index is 12.1. The molecule has 1 N–H and O–H groups in total. The van der Waals surface area contributed by atoms with Crippen LogP contribution in [-0.4, -0.2) is 12.5 Å². The Bertz CT molecular complexity index is 579. The minimum atomic E-state index is -0.0610. The first-order valence-corrected chi connectivity index (χ1v) is 7.26. The number of amides is 1. The molecular weight excluding hydrogens is 262 g/mol. The highest BCUT2D eigenvalue weighted by Crippen LogP contribution is 2.21. The van der Waals surface area contributed by atoms with E-state index in [0.29, 0.717) is 23.8 Å².